The average Bonchev–Trinajstić information content (AvgIpc) is 2.39. The maximum atomic E-state index is 11.0. The minimum absolute atomic E-state index is 0.231. The van der Waals surface area contributed by atoms with Crippen LogP contribution in [0.5, 0.6) is 0 Å². The zero-order valence-electron chi connectivity index (χ0n) is 6.82. The minimum atomic E-state index is -0.308. The van der Waals surface area contributed by atoms with Gasteiger partial charge in [0, 0.05) is 11.5 Å². The van der Waals surface area contributed by atoms with Gasteiger partial charge in [0.25, 0.3) is 0 Å². The number of nitrogens with one attached hydrogen (secondary N) is 1. The molecule has 4 aliphatic rings. The van der Waals surface area contributed by atoms with E-state index in [-0.39, 0.29) is 11.6 Å². The molecule has 4 heteroatoms. The summed E-state index contributed by atoms with van der Waals surface area (Å²) in [6.45, 7) is 2.22. The fraction of sp³-hybridized carbons (Fsp3) is 0.875. The first-order valence-electron chi connectivity index (χ1n) is 4.53. The normalized spacial score (nSPS) is 68.1. The summed E-state index contributed by atoms with van der Waals surface area (Å²) in [6, 6.07) is 0.139. The Hall–Kier alpha value is -0.770. The van der Waals surface area contributed by atoms with Crippen LogP contribution >= 0.6 is 0 Å². The van der Waals surface area contributed by atoms with Crippen molar-refractivity contribution in [2.45, 2.75) is 18.5 Å². The van der Waals surface area contributed by atoms with Crippen LogP contribution in [0.3, 0.4) is 0 Å². The van der Waals surface area contributed by atoms with Gasteiger partial charge in [0.1, 0.15) is 0 Å². The van der Waals surface area contributed by atoms with E-state index in [2.05, 4.69) is 12.3 Å². The molecule has 0 aromatic heterocycles. The van der Waals surface area contributed by atoms with Crippen molar-refractivity contribution in [3.05, 3.63) is 0 Å². The summed E-state index contributed by atoms with van der Waals surface area (Å²) < 4.78 is 0. The molecule has 2 amide bonds. The summed E-state index contributed by atoms with van der Waals surface area (Å²) in [7, 11) is 0. The van der Waals surface area contributed by atoms with Crippen LogP contribution in [-0.2, 0) is 0 Å². The predicted octanol–water partition coefficient (Wildman–Crippen LogP) is -0.482. The van der Waals surface area contributed by atoms with Gasteiger partial charge in [-0.05, 0) is 24.7 Å². The van der Waals surface area contributed by atoms with Crippen molar-refractivity contribution in [3.8, 4) is 0 Å². The van der Waals surface area contributed by atoms with E-state index in [0.717, 1.165) is 23.7 Å². The van der Waals surface area contributed by atoms with Crippen molar-refractivity contribution in [1.82, 2.24) is 10.4 Å². The van der Waals surface area contributed by atoms with Gasteiger partial charge < -0.3 is 5.73 Å². The standard InChI is InChI=1S/C8H11N3O/c1-8-4-2-3(4)6(5(2)8)11(10-8)7(9)12/h2-6,10H,1H3,(H2,9,12). The lowest BCUT2D eigenvalue weighted by Gasteiger charge is -2.40. The largest absolute Gasteiger partial charge is 0.350 e. The quantitative estimate of drug-likeness (QED) is 0.509. The Balaban J connectivity index is 1.79. The summed E-state index contributed by atoms with van der Waals surface area (Å²) in [5, 5.41) is 1.66. The number of hydrogen-bond donors (Lipinski definition) is 2. The lowest BCUT2D eigenvalue weighted by molar-refractivity contribution is 0.119. The Morgan fingerprint density at radius 2 is 2.25 bits per heavy atom. The molecular weight excluding hydrogens is 154 g/mol. The fourth-order valence-corrected chi connectivity index (χ4v) is 4.26. The van der Waals surface area contributed by atoms with Crippen molar-refractivity contribution in [2.24, 2.45) is 29.4 Å². The van der Waals surface area contributed by atoms with Crippen LogP contribution in [0.25, 0.3) is 0 Å². The van der Waals surface area contributed by atoms with Crippen molar-refractivity contribution in [2.75, 3.05) is 0 Å². The molecule has 0 spiro atoms. The van der Waals surface area contributed by atoms with Crippen molar-refractivity contribution < 1.29 is 4.79 Å². The highest BCUT2D eigenvalue weighted by molar-refractivity contribution is 5.74. The van der Waals surface area contributed by atoms with E-state index in [9.17, 15) is 4.79 Å². The molecule has 12 heavy (non-hydrogen) atoms. The summed E-state index contributed by atoms with van der Waals surface area (Å²) in [5.41, 5.74) is 8.74. The first-order valence-corrected chi connectivity index (χ1v) is 4.53. The molecule has 3 aliphatic carbocycles. The summed E-state index contributed by atoms with van der Waals surface area (Å²) >= 11 is 0. The Morgan fingerprint density at radius 3 is 2.75 bits per heavy atom. The number of carbonyl (C=O) groups is 1. The Kier molecular flexibility index (Phi) is 0.568. The minimum Gasteiger partial charge on any atom is -0.350 e. The Labute approximate surface area is 70.1 Å². The van der Waals surface area contributed by atoms with Crippen LogP contribution in [0.1, 0.15) is 6.92 Å². The van der Waals surface area contributed by atoms with Gasteiger partial charge in [-0.15, -0.1) is 0 Å². The number of amides is 2. The van der Waals surface area contributed by atoms with Crippen molar-refractivity contribution in [3.63, 3.8) is 0 Å². The van der Waals surface area contributed by atoms with Gasteiger partial charge in [-0.1, -0.05) is 0 Å². The number of rotatable bonds is 0. The van der Waals surface area contributed by atoms with Crippen molar-refractivity contribution in [1.29, 1.82) is 0 Å². The van der Waals surface area contributed by atoms with Gasteiger partial charge in [-0.25, -0.2) is 10.2 Å². The van der Waals surface area contributed by atoms with E-state index in [1.54, 1.807) is 5.01 Å². The topological polar surface area (TPSA) is 58.4 Å². The molecule has 0 bridgehead atoms. The van der Waals surface area contributed by atoms with E-state index in [1.807, 2.05) is 0 Å². The van der Waals surface area contributed by atoms with E-state index in [4.69, 9.17) is 5.73 Å². The number of nitrogens with zero attached hydrogens (tertiary/aromatic N) is 1. The molecule has 0 aromatic rings. The predicted molar refractivity (Wildman–Crippen MR) is 40.7 cm³/mol. The van der Waals surface area contributed by atoms with Crippen LogP contribution in [0.15, 0.2) is 0 Å². The molecule has 64 valence electrons. The number of urea groups is 1. The molecule has 4 rings (SSSR count). The second kappa shape index (κ2) is 1.18. The maximum absolute atomic E-state index is 11.0. The highest BCUT2D eigenvalue weighted by Crippen LogP contribution is 2.85. The number of primary amides is 1. The van der Waals surface area contributed by atoms with Crippen LogP contribution in [0.4, 0.5) is 4.79 Å². The highest BCUT2D eigenvalue weighted by atomic mass is 16.2. The van der Waals surface area contributed by atoms with Gasteiger partial charge in [0.05, 0.1) is 6.04 Å². The summed E-state index contributed by atoms with van der Waals surface area (Å²) in [5.74, 6) is 3.33. The highest BCUT2D eigenvalue weighted by Gasteiger charge is 2.92. The summed E-state index contributed by atoms with van der Waals surface area (Å²) in [4.78, 5) is 11.0. The number of fused-ring (bicyclic) bond motifs is 3. The molecule has 1 saturated heterocycles. The monoisotopic (exact) mass is 165 g/mol. The van der Waals surface area contributed by atoms with Crippen molar-refractivity contribution >= 4 is 6.03 Å². The smallest absolute Gasteiger partial charge is 0.329 e. The SMILES string of the molecule is CC12NN(C(N)=O)C3C4C(C41)C32. The maximum Gasteiger partial charge on any atom is 0.329 e. The second-order valence-corrected chi connectivity index (χ2v) is 4.80. The van der Waals surface area contributed by atoms with Gasteiger partial charge >= 0.3 is 6.03 Å². The molecule has 6 atom stereocenters. The lowest BCUT2D eigenvalue weighted by Crippen LogP contribution is -2.55. The first kappa shape index (κ1) is 5.80. The number of carbonyl (C=O) groups excluding carboxylic acids is 1. The zero-order chi connectivity index (χ0) is 8.25. The van der Waals surface area contributed by atoms with Gasteiger partial charge in [-0.3, -0.25) is 5.01 Å². The third-order valence-corrected chi connectivity index (χ3v) is 4.59. The average molecular weight is 165 g/mol. The molecule has 0 aromatic carbocycles. The molecule has 3 saturated carbocycles. The molecule has 4 nitrogen and oxygen atoms in total. The number of hydrogen-bond acceptors (Lipinski definition) is 2. The van der Waals surface area contributed by atoms with E-state index < -0.39 is 0 Å². The van der Waals surface area contributed by atoms with Gasteiger partial charge in [0.2, 0.25) is 0 Å². The Morgan fingerprint density at radius 1 is 1.50 bits per heavy atom. The van der Waals surface area contributed by atoms with Gasteiger partial charge in [0.15, 0.2) is 0 Å². The Bertz CT molecular complexity index is 317. The first-order chi connectivity index (χ1) is 5.66. The molecule has 4 fully saturated rings. The number of nitrogens with two attached hydrogens (primary N) is 1. The fourth-order valence-electron chi connectivity index (χ4n) is 4.26. The van der Waals surface area contributed by atoms with E-state index in [1.165, 1.54) is 0 Å². The third kappa shape index (κ3) is 0.293. The second-order valence-electron chi connectivity index (χ2n) is 4.80. The van der Waals surface area contributed by atoms with Crippen LogP contribution in [0, 0.1) is 23.7 Å². The molecule has 1 aliphatic heterocycles. The van der Waals surface area contributed by atoms with E-state index >= 15 is 0 Å². The molecule has 3 N–H and O–H groups in total. The molecule has 1 heterocycles. The van der Waals surface area contributed by atoms with Crippen LogP contribution in [-0.4, -0.2) is 22.6 Å². The molecule has 6 unspecified atom stereocenters. The van der Waals surface area contributed by atoms with Crippen LogP contribution < -0.4 is 11.2 Å². The van der Waals surface area contributed by atoms with Crippen LogP contribution in [0.2, 0.25) is 0 Å². The zero-order valence-corrected chi connectivity index (χ0v) is 6.82. The number of hydrazine groups is 1. The molecule has 0 radical (unpaired) electrons. The van der Waals surface area contributed by atoms with E-state index in [0.29, 0.717) is 6.04 Å². The summed E-state index contributed by atoms with van der Waals surface area (Å²) in [6.07, 6.45) is 0. The molecular formula is C8H11N3O. The van der Waals surface area contributed by atoms with Gasteiger partial charge in [-0.2, -0.15) is 0 Å². The third-order valence-electron chi connectivity index (χ3n) is 4.59. The lowest BCUT2D eigenvalue weighted by atomic mass is 9.65.